The van der Waals surface area contributed by atoms with Crippen molar-refractivity contribution in [2.75, 3.05) is 38.2 Å². The fourth-order valence-electron chi connectivity index (χ4n) is 2.65. The standard InChI is InChI=1S/C16H18F3N5O/c1-25-14-4-2-3-12(21-14)11-23-7-9-24(10-8-23)15-20-6-5-13(22-15)16(17,18)19/h2-6H,7-11H2,1H3. The topological polar surface area (TPSA) is 54.4 Å². The maximum absolute atomic E-state index is 12.8. The van der Waals surface area contributed by atoms with Gasteiger partial charge in [-0.25, -0.2) is 15.0 Å². The van der Waals surface area contributed by atoms with Crippen molar-refractivity contribution in [2.24, 2.45) is 0 Å². The van der Waals surface area contributed by atoms with Gasteiger partial charge in [0.05, 0.1) is 12.8 Å². The Morgan fingerprint density at radius 2 is 1.84 bits per heavy atom. The number of pyridine rings is 1. The predicted octanol–water partition coefficient (Wildman–Crippen LogP) is 2.22. The number of alkyl halides is 3. The zero-order valence-electron chi connectivity index (χ0n) is 13.7. The molecule has 3 heterocycles. The third kappa shape index (κ3) is 4.36. The highest BCUT2D eigenvalue weighted by molar-refractivity contribution is 5.31. The van der Waals surface area contributed by atoms with Gasteiger partial charge in [-0.15, -0.1) is 0 Å². The Labute approximate surface area is 143 Å². The van der Waals surface area contributed by atoms with Gasteiger partial charge in [-0.2, -0.15) is 13.2 Å². The number of piperazine rings is 1. The highest BCUT2D eigenvalue weighted by Crippen LogP contribution is 2.28. The molecule has 25 heavy (non-hydrogen) atoms. The largest absolute Gasteiger partial charge is 0.481 e. The van der Waals surface area contributed by atoms with E-state index in [1.165, 1.54) is 0 Å². The quantitative estimate of drug-likeness (QED) is 0.840. The van der Waals surface area contributed by atoms with Crippen LogP contribution >= 0.6 is 0 Å². The lowest BCUT2D eigenvalue weighted by Gasteiger charge is -2.34. The Morgan fingerprint density at radius 3 is 2.52 bits per heavy atom. The van der Waals surface area contributed by atoms with Gasteiger partial charge >= 0.3 is 6.18 Å². The van der Waals surface area contributed by atoms with Crippen molar-refractivity contribution in [1.82, 2.24) is 19.9 Å². The van der Waals surface area contributed by atoms with Crippen molar-refractivity contribution in [3.05, 3.63) is 41.9 Å². The summed E-state index contributed by atoms with van der Waals surface area (Å²) < 4.78 is 43.4. The normalized spacial score (nSPS) is 16.1. The van der Waals surface area contributed by atoms with Crippen molar-refractivity contribution in [1.29, 1.82) is 0 Å². The first-order valence-corrected chi connectivity index (χ1v) is 7.83. The SMILES string of the molecule is COc1cccc(CN2CCN(c3nccc(C(F)(F)F)n3)CC2)n1. The fraction of sp³-hybridized carbons (Fsp3) is 0.438. The number of hydrogen-bond acceptors (Lipinski definition) is 6. The van der Waals surface area contributed by atoms with Crippen LogP contribution < -0.4 is 9.64 Å². The first-order chi connectivity index (χ1) is 12.0. The maximum atomic E-state index is 12.8. The van der Waals surface area contributed by atoms with Gasteiger partial charge in [0.15, 0.2) is 0 Å². The van der Waals surface area contributed by atoms with E-state index in [2.05, 4.69) is 19.9 Å². The molecule has 2 aromatic heterocycles. The number of hydrogen-bond donors (Lipinski definition) is 0. The minimum atomic E-state index is -4.46. The number of ether oxygens (including phenoxy) is 1. The molecule has 0 N–H and O–H groups in total. The van der Waals surface area contributed by atoms with Gasteiger partial charge in [0, 0.05) is 45.0 Å². The number of nitrogens with zero attached hydrogens (tertiary/aromatic N) is 5. The molecule has 0 bridgehead atoms. The molecule has 0 radical (unpaired) electrons. The van der Waals surface area contributed by atoms with E-state index in [-0.39, 0.29) is 5.95 Å². The van der Waals surface area contributed by atoms with Crippen LogP contribution in [0.5, 0.6) is 5.88 Å². The van der Waals surface area contributed by atoms with Crippen LogP contribution in [-0.4, -0.2) is 53.1 Å². The molecule has 1 aliphatic heterocycles. The van der Waals surface area contributed by atoms with E-state index in [9.17, 15) is 13.2 Å². The second-order valence-corrected chi connectivity index (χ2v) is 5.67. The summed E-state index contributed by atoms with van der Waals surface area (Å²) in [5, 5.41) is 0. The Balaban J connectivity index is 1.60. The van der Waals surface area contributed by atoms with E-state index >= 15 is 0 Å². The van der Waals surface area contributed by atoms with E-state index in [0.29, 0.717) is 38.6 Å². The summed E-state index contributed by atoms with van der Waals surface area (Å²) in [6.45, 7) is 3.17. The van der Waals surface area contributed by atoms with Crippen LogP contribution in [0.2, 0.25) is 0 Å². The Hall–Kier alpha value is -2.42. The molecular weight excluding hydrogens is 335 g/mol. The number of halogens is 3. The average molecular weight is 353 g/mol. The van der Waals surface area contributed by atoms with Gasteiger partial charge < -0.3 is 9.64 Å². The molecular formula is C16H18F3N5O. The number of aromatic nitrogens is 3. The van der Waals surface area contributed by atoms with Gasteiger partial charge in [0.25, 0.3) is 0 Å². The average Bonchev–Trinajstić information content (AvgIpc) is 2.62. The molecule has 6 nitrogen and oxygen atoms in total. The molecule has 9 heteroatoms. The van der Waals surface area contributed by atoms with Gasteiger partial charge in [-0.1, -0.05) is 6.07 Å². The van der Waals surface area contributed by atoms with E-state index in [4.69, 9.17) is 4.74 Å². The first kappa shape index (κ1) is 17.4. The molecule has 0 amide bonds. The van der Waals surface area contributed by atoms with Crippen molar-refractivity contribution >= 4 is 5.95 Å². The molecule has 134 valence electrons. The van der Waals surface area contributed by atoms with E-state index in [1.807, 2.05) is 12.1 Å². The number of rotatable bonds is 4. The monoisotopic (exact) mass is 353 g/mol. The minimum absolute atomic E-state index is 0.119. The summed E-state index contributed by atoms with van der Waals surface area (Å²) in [6.07, 6.45) is -3.31. The molecule has 0 saturated carbocycles. The second kappa shape index (κ2) is 7.22. The van der Waals surface area contributed by atoms with Crippen LogP contribution in [0.4, 0.5) is 19.1 Å². The van der Waals surface area contributed by atoms with Crippen molar-refractivity contribution in [3.8, 4) is 5.88 Å². The van der Waals surface area contributed by atoms with E-state index < -0.39 is 11.9 Å². The second-order valence-electron chi connectivity index (χ2n) is 5.67. The molecule has 0 unspecified atom stereocenters. The van der Waals surface area contributed by atoms with Crippen molar-refractivity contribution in [3.63, 3.8) is 0 Å². The zero-order chi connectivity index (χ0) is 17.9. The Kier molecular flexibility index (Phi) is 5.03. The molecule has 0 aromatic carbocycles. The fourth-order valence-corrected chi connectivity index (χ4v) is 2.65. The lowest BCUT2D eigenvalue weighted by atomic mass is 10.2. The van der Waals surface area contributed by atoms with Gasteiger partial charge in [-0.3, -0.25) is 4.90 Å². The Morgan fingerprint density at radius 1 is 1.08 bits per heavy atom. The van der Waals surface area contributed by atoms with E-state index in [1.54, 1.807) is 18.1 Å². The molecule has 1 fully saturated rings. The van der Waals surface area contributed by atoms with Crippen LogP contribution in [0.3, 0.4) is 0 Å². The summed E-state index contributed by atoms with van der Waals surface area (Å²) in [6, 6.07) is 6.47. The first-order valence-electron chi connectivity index (χ1n) is 7.83. The minimum Gasteiger partial charge on any atom is -0.481 e. The molecule has 1 saturated heterocycles. The summed E-state index contributed by atoms with van der Waals surface area (Å²) in [5.74, 6) is 0.683. The molecule has 0 aliphatic carbocycles. The lowest BCUT2D eigenvalue weighted by molar-refractivity contribution is -0.141. The smallest absolute Gasteiger partial charge is 0.433 e. The molecule has 3 rings (SSSR count). The van der Waals surface area contributed by atoms with Crippen LogP contribution in [0.1, 0.15) is 11.4 Å². The summed E-state index contributed by atoms with van der Waals surface area (Å²) in [4.78, 5) is 15.9. The van der Waals surface area contributed by atoms with Crippen LogP contribution in [0, 0.1) is 0 Å². The number of anilines is 1. The third-order valence-corrected chi connectivity index (χ3v) is 3.96. The van der Waals surface area contributed by atoms with Gasteiger partial charge in [-0.05, 0) is 12.1 Å². The highest BCUT2D eigenvalue weighted by Gasteiger charge is 2.33. The van der Waals surface area contributed by atoms with Crippen LogP contribution in [0.15, 0.2) is 30.5 Å². The van der Waals surface area contributed by atoms with E-state index in [0.717, 1.165) is 18.0 Å². The Bertz CT molecular complexity index is 717. The summed E-state index contributed by atoms with van der Waals surface area (Å²) in [7, 11) is 1.57. The lowest BCUT2D eigenvalue weighted by Crippen LogP contribution is -2.46. The van der Waals surface area contributed by atoms with Crippen LogP contribution in [0.25, 0.3) is 0 Å². The van der Waals surface area contributed by atoms with Crippen LogP contribution in [-0.2, 0) is 12.7 Å². The zero-order valence-corrected chi connectivity index (χ0v) is 13.7. The summed E-state index contributed by atoms with van der Waals surface area (Å²) in [5.41, 5.74) is -0.0244. The van der Waals surface area contributed by atoms with Crippen molar-refractivity contribution in [2.45, 2.75) is 12.7 Å². The third-order valence-electron chi connectivity index (χ3n) is 3.96. The molecule has 0 atom stereocenters. The van der Waals surface area contributed by atoms with Gasteiger partial charge in [0.2, 0.25) is 11.8 Å². The maximum Gasteiger partial charge on any atom is 0.433 e. The van der Waals surface area contributed by atoms with Gasteiger partial charge in [0.1, 0.15) is 5.69 Å². The predicted molar refractivity (Wildman–Crippen MR) is 85.3 cm³/mol. The molecule has 0 spiro atoms. The van der Waals surface area contributed by atoms with Crippen molar-refractivity contribution < 1.29 is 17.9 Å². The highest BCUT2D eigenvalue weighted by atomic mass is 19.4. The molecule has 1 aliphatic rings. The summed E-state index contributed by atoms with van der Waals surface area (Å²) >= 11 is 0. The molecule has 2 aromatic rings. The number of methoxy groups -OCH3 is 1.